The van der Waals surface area contributed by atoms with E-state index in [1.54, 1.807) is 34.9 Å². The molecule has 0 saturated carbocycles. The van der Waals surface area contributed by atoms with Crippen molar-refractivity contribution < 1.29 is 22.7 Å². The van der Waals surface area contributed by atoms with Crippen molar-refractivity contribution >= 4 is 39.5 Å². The number of anilines is 2. The smallest absolute Gasteiger partial charge is 0.265 e. The van der Waals surface area contributed by atoms with Crippen molar-refractivity contribution in [3.05, 3.63) is 53.1 Å². The molecule has 0 aliphatic carbocycles. The largest absolute Gasteiger partial charge is 0.497 e. The van der Waals surface area contributed by atoms with Crippen molar-refractivity contribution in [1.82, 2.24) is 14.8 Å². The van der Waals surface area contributed by atoms with Crippen LogP contribution in [0.3, 0.4) is 0 Å². The summed E-state index contributed by atoms with van der Waals surface area (Å²) in [4.78, 5) is 12.5. The molecule has 1 heterocycles. The number of nitrogens with one attached hydrogen (secondary N) is 3. The van der Waals surface area contributed by atoms with Gasteiger partial charge in [0.1, 0.15) is 28.8 Å². The number of nitrogens with zero attached hydrogens (tertiary/aromatic N) is 2. The SMILES string of the molecule is CCCc1n[nH]c(=S)n1CC(=O)Nc1ccc(OC)c(S(=O)(=O)Nc2ccc(OC)cc2)c1. The van der Waals surface area contributed by atoms with Crippen LogP contribution in [0.2, 0.25) is 0 Å². The monoisotopic (exact) mass is 491 g/mol. The minimum absolute atomic E-state index is 0.0527. The van der Waals surface area contributed by atoms with Gasteiger partial charge in [-0.1, -0.05) is 6.92 Å². The second kappa shape index (κ2) is 10.5. The van der Waals surface area contributed by atoms with Crippen molar-refractivity contribution in [2.75, 3.05) is 24.3 Å². The first-order valence-corrected chi connectivity index (χ1v) is 12.0. The Hall–Kier alpha value is -3.38. The maximum atomic E-state index is 13.0. The Morgan fingerprint density at radius 3 is 2.45 bits per heavy atom. The summed E-state index contributed by atoms with van der Waals surface area (Å²) in [6, 6.07) is 10.8. The number of aromatic nitrogens is 3. The third-order valence-electron chi connectivity index (χ3n) is 4.69. The lowest BCUT2D eigenvalue weighted by molar-refractivity contribution is -0.116. The highest BCUT2D eigenvalue weighted by molar-refractivity contribution is 7.92. The molecule has 2 aromatic carbocycles. The molecule has 0 bridgehead atoms. The molecule has 1 aromatic heterocycles. The topological polar surface area (TPSA) is 127 Å². The number of methoxy groups -OCH3 is 2. The zero-order valence-electron chi connectivity index (χ0n) is 18.4. The predicted octanol–water partition coefficient (Wildman–Crippen LogP) is 3.35. The van der Waals surface area contributed by atoms with E-state index in [-0.39, 0.29) is 23.1 Å². The normalized spacial score (nSPS) is 11.1. The molecular formula is C21H25N5O5S2. The van der Waals surface area contributed by atoms with Crippen LogP contribution in [0.1, 0.15) is 19.2 Å². The summed E-state index contributed by atoms with van der Waals surface area (Å²) in [5, 5.41) is 9.54. The highest BCUT2D eigenvalue weighted by Gasteiger charge is 2.21. The van der Waals surface area contributed by atoms with Crippen molar-refractivity contribution in [2.45, 2.75) is 31.2 Å². The molecule has 0 radical (unpaired) electrons. The van der Waals surface area contributed by atoms with Gasteiger partial charge in [-0.2, -0.15) is 5.10 Å². The second-order valence-electron chi connectivity index (χ2n) is 7.03. The van der Waals surface area contributed by atoms with Gasteiger partial charge < -0.3 is 14.8 Å². The van der Waals surface area contributed by atoms with Crippen molar-refractivity contribution in [2.24, 2.45) is 0 Å². The number of carbonyl (C=O) groups excluding carboxylic acids is 1. The third kappa shape index (κ3) is 5.90. The van der Waals surface area contributed by atoms with Crippen LogP contribution in [0.15, 0.2) is 47.4 Å². The standard InChI is InChI=1S/C21H25N5O5S2/c1-4-5-19-23-24-21(32)26(19)13-20(27)22-15-8-11-17(31-3)18(12-15)33(28,29)25-14-6-9-16(30-2)10-7-14/h6-12,25H,4-5,13H2,1-3H3,(H,22,27)(H,24,32). The molecule has 3 aromatic rings. The summed E-state index contributed by atoms with van der Waals surface area (Å²) in [6.45, 7) is 1.95. The summed E-state index contributed by atoms with van der Waals surface area (Å²) in [5.74, 6) is 1.04. The molecule has 0 unspecified atom stereocenters. The van der Waals surface area contributed by atoms with Crippen molar-refractivity contribution in [3.63, 3.8) is 0 Å². The summed E-state index contributed by atoms with van der Waals surface area (Å²) in [6.07, 6.45) is 1.52. The van der Waals surface area contributed by atoms with Crippen LogP contribution < -0.4 is 19.5 Å². The summed E-state index contributed by atoms with van der Waals surface area (Å²) in [7, 11) is -1.11. The number of hydrogen-bond acceptors (Lipinski definition) is 7. The first-order chi connectivity index (χ1) is 15.8. The van der Waals surface area contributed by atoms with Crippen molar-refractivity contribution in [1.29, 1.82) is 0 Å². The van der Waals surface area contributed by atoms with Gasteiger partial charge in [0.25, 0.3) is 10.0 Å². The molecule has 3 rings (SSSR count). The Labute approximate surface area is 197 Å². The number of rotatable bonds is 10. The number of ether oxygens (including phenoxy) is 2. The molecule has 3 N–H and O–H groups in total. The van der Waals surface area contributed by atoms with E-state index in [1.165, 1.54) is 26.4 Å². The Bertz CT molecular complexity index is 1280. The maximum Gasteiger partial charge on any atom is 0.265 e. The number of aromatic amines is 1. The fourth-order valence-electron chi connectivity index (χ4n) is 3.11. The Balaban J connectivity index is 1.82. The molecule has 0 spiro atoms. The number of amides is 1. The van der Waals surface area contributed by atoms with E-state index in [2.05, 4.69) is 20.2 Å². The van der Waals surface area contributed by atoms with E-state index in [0.717, 1.165) is 6.42 Å². The van der Waals surface area contributed by atoms with E-state index in [1.807, 2.05) is 6.92 Å². The molecule has 10 nitrogen and oxygen atoms in total. The lowest BCUT2D eigenvalue weighted by Crippen LogP contribution is -2.21. The number of carbonyl (C=O) groups is 1. The quantitative estimate of drug-likeness (QED) is 0.371. The number of hydrogen-bond donors (Lipinski definition) is 3. The van der Waals surface area contributed by atoms with E-state index < -0.39 is 10.0 Å². The van der Waals surface area contributed by atoms with Crippen LogP contribution in [-0.2, 0) is 27.8 Å². The molecular weight excluding hydrogens is 466 g/mol. The molecule has 0 atom stereocenters. The van der Waals surface area contributed by atoms with Gasteiger partial charge in [0.15, 0.2) is 4.77 Å². The van der Waals surface area contributed by atoms with Crippen LogP contribution in [0, 0.1) is 4.77 Å². The van der Waals surface area contributed by atoms with E-state index in [0.29, 0.717) is 34.1 Å². The Morgan fingerprint density at radius 1 is 1.12 bits per heavy atom. The lowest BCUT2D eigenvalue weighted by Gasteiger charge is -2.14. The van der Waals surface area contributed by atoms with E-state index >= 15 is 0 Å². The van der Waals surface area contributed by atoms with Crippen LogP contribution in [0.5, 0.6) is 11.5 Å². The number of H-pyrrole nitrogens is 1. The summed E-state index contributed by atoms with van der Waals surface area (Å²) in [5.41, 5.74) is 0.646. The Morgan fingerprint density at radius 2 is 1.82 bits per heavy atom. The highest BCUT2D eigenvalue weighted by Crippen LogP contribution is 2.29. The second-order valence-corrected chi connectivity index (χ2v) is 9.07. The van der Waals surface area contributed by atoms with Gasteiger partial charge in [-0.05, 0) is 61.1 Å². The maximum absolute atomic E-state index is 13.0. The first-order valence-electron chi connectivity index (χ1n) is 10.1. The average molecular weight is 492 g/mol. The van der Waals surface area contributed by atoms with E-state index in [4.69, 9.17) is 21.7 Å². The van der Waals surface area contributed by atoms with Gasteiger partial charge in [-0.3, -0.25) is 19.2 Å². The molecule has 12 heteroatoms. The lowest BCUT2D eigenvalue weighted by atomic mass is 10.3. The van der Waals surface area contributed by atoms with Crippen LogP contribution in [0.25, 0.3) is 0 Å². The first kappa shape index (κ1) is 24.3. The Kier molecular flexibility index (Phi) is 7.71. The molecule has 176 valence electrons. The molecule has 33 heavy (non-hydrogen) atoms. The minimum atomic E-state index is -4.01. The average Bonchev–Trinajstić information content (AvgIpc) is 3.13. The molecule has 0 saturated heterocycles. The van der Waals surface area contributed by atoms with Crippen LogP contribution >= 0.6 is 12.2 Å². The fourth-order valence-corrected chi connectivity index (χ4v) is 4.58. The number of benzene rings is 2. The van der Waals surface area contributed by atoms with Gasteiger partial charge in [-0.25, -0.2) is 8.42 Å². The molecule has 0 fully saturated rings. The number of sulfonamides is 1. The molecule has 0 aliphatic heterocycles. The fraction of sp³-hybridized carbons (Fsp3) is 0.286. The third-order valence-corrected chi connectivity index (χ3v) is 6.41. The zero-order valence-corrected chi connectivity index (χ0v) is 20.0. The molecule has 1 amide bonds. The highest BCUT2D eigenvalue weighted by atomic mass is 32.2. The van der Waals surface area contributed by atoms with Gasteiger partial charge >= 0.3 is 0 Å². The predicted molar refractivity (Wildman–Crippen MR) is 127 cm³/mol. The van der Waals surface area contributed by atoms with Gasteiger partial charge in [0.05, 0.1) is 14.2 Å². The summed E-state index contributed by atoms with van der Waals surface area (Å²) < 4.78 is 40.8. The van der Waals surface area contributed by atoms with Gasteiger partial charge in [0.2, 0.25) is 5.91 Å². The molecule has 0 aliphatic rings. The number of aryl methyl sites for hydroxylation is 1. The van der Waals surface area contributed by atoms with E-state index in [9.17, 15) is 13.2 Å². The summed E-state index contributed by atoms with van der Waals surface area (Å²) >= 11 is 5.20. The van der Waals surface area contributed by atoms with Crippen LogP contribution in [-0.4, -0.2) is 43.3 Å². The zero-order chi connectivity index (χ0) is 24.0. The van der Waals surface area contributed by atoms with Gasteiger partial charge in [0, 0.05) is 17.8 Å². The minimum Gasteiger partial charge on any atom is -0.497 e. The van der Waals surface area contributed by atoms with Crippen molar-refractivity contribution in [3.8, 4) is 11.5 Å². The van der Waals surface area contributed by atoms with Gasteiger partial charge in [-0.15, -0.1) is 0 Å². The van der Waals surface area contributed by atoms with Crippen LogP contribution in [0.4, 0.5) is 11.4 Å².